The molecule has 0 aliphatic heterocycles. The predicted octanol–water partition coefficient (Wildman–Crippen LogP) is 4.63. The van der Waals surface area contributed by atoms with Crippen molar-refractivity contribution in [1.29, 1.82) is 0 Å². The molecule has 90 valence electrons. The Bertz CT molecular complexity index is 785. The third-order valence-corrected chi connectivity index (χ3v) is 4.44. The Hall–Kier alpha value is -2.19. The first-order valence-electron chi connectivity index (χ1n) is 6.17. The summed E-state index contributed by atoms with van der Waals surface area (Å²) in [7, 11) is 0. The van der Waals surface area contributed by atoms with Crippen molar-refractivity contribution < 1.29 is 4.79 Å². The minimum atomic E-state index is 0.148. The molecule has 0 unspecified atom stereocenters. The number of benzene rings is 2. The first-order valence-corrected chi connectivity index (χ1v) is 7.05. The lowest BCUT2D eigenvalue weighted by Gasteiger charge is -2.05. The van der Waals surface area contributed by atoms with Crippen molar-refractivity contribution in [1.82, 2.24) is 0 Å². The minimum Gasteiger partial charge on any atom is -0.289 e. The second-order valence-electron chi connectivity index (χ2n) is 4.58. The van der Waals surface area contributed by atoms with Gasteiger partial charge in [-0.15, -0.1) is 11.3 Å². The Labute approximate surface area is 115 Å². The van der Waals surface area contributed by atoms with Crippen LogP contribution in [0.1, 0.15) is 15.9 Å². The van der Waals surface area contributed by atoms with Gasteiger partial charge in [0.1, 0.15) is 0 Å². The molecule has 1 nitrogen and oxygen atoms in total. The smallest absolute Gasteiger partial charge is 0.194 e. The number of thiophene rings is 1. The van der Waals surface area contributed by atoms with E-state index in [1.165, 1.54) is 0 Å². The highest BCUT2D eigenvalue weighted by Crippen LogP contribution is 2.42. The minimum absolute atomic E-state index is 0.148. The summed E-state index contributed by atoms with van der Waals surface area (Å²) in [5.41, 5.74) is 4.84. The van der Waals surface area contributed by atoms with Crippen LogP contribution >= 0.6 is 11.3 Å². The van der Waals surface area contributed by atoms with Gasteiger partial charge in [-0.05, 0) is 22.6 Å². The van der Waals surface area contributed by atoms with Gasteiger partial charge in [0.2, 0.25) is 0 Å². The molecule has 2 aromatic carbocycles. The number of hydrogen-bond acceptors (Lipinski definition) is 2. The van der Waals surface area contributed by atoms with E-state index in [0.29, 0.717) is 0 Å². The van der Waals surface area contributed by atoms with Crippen LogP contribution in [0.25, 0.3) is 21.6 Å². The quantitative estimate of drug-likeness (QED) is 0.489. The molecule has 4 rings (SSSR count). The van der Waals surface area contributed by atoms with E-state index >= 15 is 0 Å². The summed E-state index contributed by atoms with van der Waals surface area (Å²) < 4.78 is 0. The summed E-state index contributed by atoms with van der Waals surface area (Å²) in [5, 5.41) is 2.04. The summed E-state index contributed by atoms with van der Waals surface area (Å²) in [6.07, 6.45) is 0. The first kappa shape index (κ1) is 10.7. The zero-order chi connectivity index (χ0) is 12.8. The van der Waals surface area contributed by atoms with E-state index in [1.54, 1.807) is 11.3 Å². The van der Waals surface area contributed by atoms with Crippen molar-refractivity contribution in [3.63, 3.8) is 0 Å². The van der Waals surface area contributed by atoms with E-state index in [0.717, 1.165) is 32.7 Å². The van der Waals surface area contributed by atoms with Crippen LogP contribution in [0.2, 0.25) is 0 Å². The molecule has 0 spiro atoms. The Morgan fingerprint density at radius 3 is 2.21 bits per heavy atom. The second-order valence-corrected chi connectivity index (χ2v) is 5.53. The molecule has 19 heavy (non-hydrogen) atoms. The maximum atomic E-state index is 12.6. The zero-order valence-corrected chi connectivity index (χ0v) is 10.9. The number of hydrogen-bond donors (Lipinski definition) is 0. The molecule has 1 aliphatic rings. The van der Waals surface area contributed by atoms with Gasteiger partial charge in [0.25, 0.3) is 0 Å². The van der Waals surface area contributed by atoms with E-state index < -0.39 is 0 Å². The van der Waals surface area contributed by atoms with Crippen LogP contribution in [-0.2, 0) is 0 Å². The van der Waals surface area contributed by atoms with Crippen molar-refractivity contribution in [2.45, 2.75) is 0 Å². The number of ketones is 1. The highest BCUT2D eigenvalue weighted by Gasteiger charge is 2.28. The molecule has 1 aliphatic carbocycles. The maximum absolute atomic E-state index is 12.6. The lowest BCUT2D eigenvalue weighted by molar-refractivity contribution is 0.104. The van der Waals surface area contributed by atoms with Crippen molar-refractivity contribution in [3.8, 4) is 21.6 Å². The highest BCUT2D eigenvalue weighted by atomic mass is 32.1. The van der Waals surface area contributed by atoms with Crippen molar-refractivity contribution in [3.05, 3.63) is 71.1 Å². The van der Waals surface area contributed by atoms with E-state index in [2.05, 4.69) is 6.07 Å². The Morgan fingerprint density at radius 2 is 1.42 bits per heavy atom. The summed E-state index contributed by atoms with van der Waals surface area (Å²) in [6, 6.07) is 18.0. The SMILES string of the molecule is O=C1c2ccccc2-c2cccc(-c3cccs3)c21. The van der Waals surface area contributed by atoms with Gasteiger partial charge in [-0.25, -0.2) is 0 Å². The molecule has 0 atom stereocenters. The number of fused-ring (bicyclic) bond motifs is 3. The molecule has 0 amide bonds. The molecule has 0 saturated carbocycles. The third kappa shape index (κ3) is 1.44. The lowest BCUT2D eigenvalue weighted by atomic mass is 10.00. The van der Waals surface area contributed by atoms with Crippen LogP contribution in [0.4, 0.5) is 0 Å². The molecule has 0 bridgehead atoms. The maximum Gasteiger partial charge on any atom is 0.194 e. The van der Waals surface area contributed by atoms with Gasteiger partial charge in [-0.1, -0.05) is 48.5 Å². The zero-order valence-electron chi connectivity index (χ0n) is 10.1. The van der Waals surface area contributed by atoms with Gasteiger partial charge in [-0.2, -0.15) is 0 Å². The molecule has 0 saturated heterocycles. The average Bonchev–Trinajstić information content (AvgIpc) is 3.08. The largest absolute Gasteiger partial charge is 0.289 e. The average molecular weight is 262 g/mol. The Kier molecular flexibility index (Phi) is 2.20. The third-order valence-electron chi connectivity index (χ3n) is 3.54. The fraction of sp³-hybridized carbons (Fsp3) is 0. The van der Waals surface area contributed by atoms with E-state index in [4.69, 9.17) is 0 Å². The van der Waals surface area contributed by atoms with Crippen LogP contribution in [0, 0.1) is 0 Å². The number of carbonyl (C=O) groups is 1. The Balaban J connectivity index is 2.05. The first-order chi connectivity index (χ1) is 9.36. The van der Waals surface area contributed by atoms with Gasteiger partial charge in [0.05, 0.1) is 0 Å². The molecule has 3 aromatic rings. The predicted molar refractivity (Wildman–Crippen MR) is 78.6 cm³/mol. The molecule has 0 N–H and O–H groups in total. The van der Waals surface area contributed by atoms with E-state index in [1.807, 2.05) is 53.9 Å². The number of carbonyl (C=O) groups excluding carboxylic acids is 1. The molecular weight excluding hydrogens is 252 g/mol. The molecular formula is C17H10OS. The summed E-state index contributed by atoms with van der Waals surface area (Å²) in [6.45, 7) is 0. The topological polar surface area (TPSA) is 17.1 Å². The van der Waals surface area contributed by atoms with Gasteiger partial charge in [0.15, 0.2) is 5.78 Å². The van der Waals surface area contributed by atoms with Crippen molar-refractivity contribution in [2.75, 3.05) is 0 Å². The molecule has 0 fully saturated rings. The lowest BCUT2D eigenvalue weighted by Crippen LogP contribution is -1.97. The van der Waals surface area contributed by atoms with Gasteiger partial charge >= 0.3 is 0 Å². The monoisotopic (exact) mass is 262 g/mol. The molecule has 2 heteroatoms. The van der Waals surface area contributed by atoms with Gasteiger partial charge < -0.3 is 0 Å². The Morgan fingerprint density at radius 1 is 0.684 bits per heavy atom. The highest BCUT2D eigenvalue weighted by molar-refractivity contribution is 7.13. The molecule has 1 aromatic heterocycles. The molecule has 1 heterocycles. The normalized spacial score (nSPS) is 12.3. The van der Waals surface area contributed by atoms with Crippen LogP contribution < -0.4 is 0 Å². The summed E-state index contributed by atoms with van der Waals surface area (Å²) >= 11 is 1.67. The summed E-state index contributed by atoms with van der Waals surface area (Å²) in [4.78, 5) is 13.8. The standard InChI is InChI=1S/C17H10OS/c18-17-13-6-2-1-5-11(13)12-7-3-8-14(16(12)17)15-9-4-10-19-15/h1-10H. The van der Waals surface area contributed by atoms with E-state index in [-0.39, 0.29) is 5.78 Å². The fourth-order valence-electron chi connectivity index (χ4n) is 2.71. The van der Waals surface area contributed by atoms with Crippen LogP contribution in [0.15, 0.2) is 60.0 Å². The van der Waals surface area contributed by atoms with Crippen molar-refractivity contribution >= 4 is 17.1 Å². The molecule has 0 radical (unpaired) electrons. The second kappa shape index (κ2) is 3.90. The fourth-order valence-corrected chi connectivity index (χ4v) is 3.47. The van der Waals surface area contributed by atoms with Crippen LogP contribution in [0.5, 0.6) is 0 Å². The van der Waals surface area contributed by atoms with Crippen LogP contribution in [0.3, 0.4) is 0 Å². The number of rotatable bonds is 1. The summed E-state index contributed by atoms with van der Waals surface area (Å²) in [5.74, 6) is 0.148. The van der Waals surface area contributed by atoms with Gasteiger partial charge in [0, 0.05) is 21.6 Å². The van der Waals surface area contributed by atoms with Crippen LogP contribution in [-0.4, -0.2) is 5.78 Å². The van der Waals surface area contributed by atoms with Gasteiger partial charge in [-0.3, -0.25) is 4.79 Å². The van der Waals surface area contributed by atoms with E-state index in [9.17, 15) is 4.79 Å². The van der Waals surface area contributed by atoms with Crippen molar-refractivity contribution in [2.24, 2.45) is 0 Å².